The van der Waals surface area contributed by atoms with Crippen LogP contribution in [0.5, 0.6) is 0 Å². The molecule has 0 saturated heterocycles. The fraction of sp³-hybridized carbons (Fsp3) is 0.0952. The molecular formula is C21H19FN2O. The summed E-state index contributed by atoms with van der Waals surface area (Å²) >= 11 is 0. The van der Waals surface area contributed by atoms with Crippen LogP contribution < -0.4 is 10.6 Å². The molecule has 0 aromatic heterocycles. The smallest absolute Gasteiger partial charge is 0.315 e. The molecule has 0 saturated carbocycles. The van der Waals surface area contributed by atoms with E-state index >= 15 is 0 Å². The summed E-state index contributed by atoms with van der Waals surface area (Å²) in [5, 5.41) is 5.82. The first-order chi connectivity index (χ1) is 12.2. The van der Waals surface area contributed by atoms with E-state index in [4.69, 9.17) is 0 Å². The first kappa shape index (κ1) is 16.7. The Morgan fingerprint density at radius 3 is 1.84 bits per heavy atom. The summed E-state index contributed by atoms with van der Waals surface area (Å²) in [6, 6.07) is 25.2. The van der Waals surface area contributed by atoms with Crippen molar-refractivity contribution in [3.05, 3.63) is 107 Å². The first-order valence-electron chi connectivity index (χ1n) is 8.11. The molecule has 0 bridgehead atoms. The van der Waals surface area contributed by atoms with E-state index in [2.05, 4.69) is 10.6 Å². The van der Waals surface area contributed by atoms with Crippen LogP contribution in [0.25, 0.3) is 0 Å². The Hall–Kier alpha value is -3.14. The number of rotatable bonds is 5. The minimum atomic E-state index is -0.290. The van der Waals surface area contributed by atoms with Crippen LogP contribution in [0.4, 0.5) is 9.18 Å². The maximum atomic E-state index is 12.9. The van der Waals surface area contributed by atoms with E-state index in [0.717, 1.165) is 16.7 Å². The third-order valence-electron chi connectivity index (χ3n) is 3.91. The van der Waals surface area contributed by atoms with Crippen molar-refractivity contribution in [2.24, 2.45) is 0 Å². The van der Waals surface area contributed by atoms with Crippen molar-refractivity contribution < 1.29 is 9.18 Å². The van der Waals surface area contributed by atoms with Crippen LogP contribution in [0, 0.1) is 5.82 Å². The Morgan fingerprint density at radius 2 is 1.32 bits per heavy atom. The molecule has 0 aliphatic heterocycles. The van der Waals surface area contributed by atoms with Crippen LogP contribution in [0.15, 0.2) is 84.9 Å². The number of benzene rings is 3. The van der Waals surface area contributed by atoms with Gasteiger partial charge in [0.15, 0.2) is 0 Å². The predicted octanol–water partition coefficient (Wildman–Crippen LogP) is 4.41. The molecule has 126 valence electrons. The molecule has 2 N–H and O–H groups in total. The van der Waals surface area contributed by atoms with Crippen LogP contribution in [0.1, 0.15) is 22.7 Å². The van der Waals surface area contributed by atoms with Crippen molar-refractivity contribution in [2.45, 2.75) is 12.6 Å². The predicted molar refractivity (Wildman–Crippen MR) is 96.5 cm³/mol. The fourth-order valence-corrected chi connectivity index (χ4v) is 2.62. The van der Waals surface area contributed by atoms with Gasteiger partial charge in [-0.25, -0.2) is 9.18 Å². The highest BCUT2D eigenvalue weighted by Crippen LogP contribution is 2.21. The minimum Gasteiger partial charge on any atom is -0.334 e. The number of carbonyl (C=O) groups excluding carboxylic acids is 1. The molecule has 3 aromatic rings. The summed E-state index contributed by atoms with van der Waals surface area (Å²) < 4.78 is 12.9. The molecular weight excluding hydrogens is 315 g/mol. The van der Waals surface area contributed by atoms with Crippen LogP contribution in [0.2, 0.25) is 0 Å². The second-order valence-corrected chi connectivity index (χ2v) is 5.71. The van der Waals surface area contributed by atoms with Gasteiger partial charge in [-0.3, -0.25) is 0 Å². The van der Waals surface area contributed by atoms with Crippen molar-refractivity contribution in [3.8, 4) is 0 Å². The van der Waals surface area contributed by atoms with E-state index in [1.807, 2.05) is 60.7 Å². The molecule has 25 heavy (non-hydrogen) atoms. The summed E-state index contributed by atoms with van der Waals surface area (Å²) in [5.41, 5.74) is 2.85. The molecule has 0 aliphatic rings. The monoisotopic (exact) mass is 334 g/mol. The Labute approximate surface area is 146 Å². The van der Waals surface area contributed by atoms with Crippen molar-refractivity contribution >= 4 is 6.03 Å². The summed E-state index contributed by atoms with van der Waals surface area (Å²) in [4.78, 5) is 12.3. The van der Waals surface area contributed by atoms with Gasteiger partial charge >= 0.3 is 6.03 Å². The molecule has 0 heterocycles. The van der Waals surface area contributed by atoms with E-state index in [1.165, 1.54) is 12.1 Å². The number of hydrogen-bond acceptors (Lipinski definition) is 1. The van der Waals surface area contributed by atoms with Gasteiger partial charge in [-0.2, -0.15) is 0 Å². The van der Waals surface area contributed by atoms with E-state index in [-0.39, 0.29) is 17.9 Å². The van der Waals surface area contributed by atoms with Gasteiger partial charge in [-0.05, 0) is 28.8 Å². The highest BCUT2D eigenvalue weighted by Gasteiger charge is 2.16. The largest absolute Gasteiger partial charge is 0.334 e. The Bertz CT molecular complexity index is 765. The maximum absolute atomic E-state index is 12.9. The Morgan fingerprint density at radius 1 is 0.800 bits per heavy atom. The molecule has 4 heteroatoms. The molecule has 0 radical (unpaired) electrons. The topological polar surface area (TPSA) is 41.1 Å². The molecule has 0 aliphatic carbocycles. The van der Waals surface area contributed by atoms with Gasteiger partial charge in [-0.1, -0.05) is 72.8 Å². The van der Waals surface area contributed by atoms with Crippen LogP contribution >= 0.6 is 0 Å². The summed E-state index contributed by atoms with van der Waals surface area (Å²) in [7, 11) is 0. The summed E-state index contributed by atoms with van der Waals surface area (Å²) in [5.74, 6) is -0.290. The maximum Gasteiger partial charge on any atom is 0.315 e. The molecule has 0 atom stereocenters. The summed E-state index contributed by atoms with van der Waals surface area (Å²) in [6.07, 6.45) is 0. The van der Waals surface area contributed by atoms with Crippen LogP contribution in [0.3, 0.4) is 0 Å². The van der Waals surface area contributed by atoms with Gasteiger partial charge in [0.1, 0.15) is 5.82 Å². The minimum absolute atomic E-state index is 0.240. The second kappa shape index (κ2) is 8.11. The number of halogens is 1. The fourth-order valence-electron chi connectivity index (χ4n) is 2.62. The molecule has 2 amide bonds. The molecule has 3 nitrogen and oxygen atoms in total. The highest BCUT2D eigenvalue weighted by atomic mass is 19.1. The van der Waals surface area contributed by atoms with E-state index < -0.39 is 0 Å². The van der Waals surface area contributed by atoms with Gasteiger partial charge in [-0.15, -0.1) is 0 Å². The van der Waals surface area contributed by atoms with Crippen molar-refractivity contribution in [1.29, 1.82) is 0 Å². The number of carbonyl (C=O) groups is 1. The van der Waals surface area contributed by atoms with Gasteiger partial charge in [0, 0.05) is 6.54 Å². The van der Waals surface area contributed by atoms with Crippen molar-refractivity contribution in [2.75, 3.05) is 0 Å². The Balaban J connectivity index is 1.69. The SMILES string of the molecule is O=C(NCc1ccc(F)cc1)NC(c1ccccc1)c1ccccc1. The molecule has 3 rings (SSSR count). The second-order valence-electron chi connectivity index (χ2n) is 5.71. The van der Waals surface area contributed by atoms with Gasteiger partial charge < -0.3 is 10.6 Å². The quantitative estimate of drug-likeness (QED) is 0.713. The molecule has 0 spiro atoms. The number of nitrogens with one attached hydrogen (secondary N) is 2. The molecule has 0 fully saturated rings. The van der Waals surface area contributed by atoms with E-state index in [0.29, 0.717) is 6.54 Å². The standard InChI is InChI=1S/C21H19FN2O/c22-19-13-11-16(12-14-19)15-23-21(25)24-20(17-7-3-1-4-8-17)18-9-5-2-6-10-18/h1-14,20H,15H2,(H2,23,24,25). The van der Waals surface area contributed by atoms with Crippen LogP contribution in [-0.4, -0.2) is 6.03 Å². The summed E-state index contributed by atoms with van der Waals surface area (Å²) in [6.45, 7) is 0.336. The van der Waals surface area contributed by atoms with Crippen molar-refractivity contribution in [3.63, 3.8) is 0 Å². The third-order valence-corrected chi connectivity index (χ3v) is 3.91. The number of urea groups is 1. The molecule has 3 aromatic carbocycles. The zero-order valence-corrected chi connectivity index (χ0v) is 13.7. The number of hydrogen-bond donors (Lipinski definition) is 2. The van der Waals surface area contributed by atoms with Crippen LogP contribution in [-0.2, 0) is 6.54 Å². The Kier molecular flexibility index (Phi) is 5.42. The lowest BCUT2D eigenvalue weighted by Crippen LogP contribution is -2.38. The first-order valence-corrected chi connectivity index (χ1v) is 8.11. The van der Waals surface area contributed by atoms with Gasteiger partial charge in [0.05, 0.1) is 6.04 Å². The van der Waals surface area contributed by atoms with E-state index in [9.17, 15) is 9.18 Å². The third kappa shape index (κ3) is 4.67. The zero-order chi connectivity index (χ0) is 17.5. The lowest BCUT2D eigenvalue weighted by Gasteiger charge is -2.20. The normalized spacial score (nSPS) is 10.5. The average molecular weight is 334 g/mol. The zero-order valence-electron chi connectivity index (χ0n) is 13.7. The molecule has 0 unspecified atom stereocenters. The average Bonchev–Trinajstić information content (AvgIpc) is 2.67. The highest BCUT2D eigenvalue weighted by molar-refractivity contribution is 5.75. The lowest BCUT2D eigenvalue weighted by atomic mass is 9.99. The number of amides is 2. The van der Waals surface area contributed by atoms with E-state index in [1.54, 1.807) is 12.1 Å². The lowest BCUT2D eigenvalue weighted by molar-refractivity contribution is 0.238. The van der Waals surface area contributed by atoms with Gasteiger partial charge in [0.25, 0.3) is 0 Å². The van der Waals surface area contributed by atoms with Gasteiger partial charge in [0.2, 0.25) is 0 Å². The van der Waals surface area contributed by atoms with Crippen molar-refractivity contribution in [1.82, 2.24) is 10.6 Å².